The molecule has 0 aromatic heterocycles. The molecular weight excluding hydrogens is 370 g/mol. The topological polar surface area (TPSA) is 73.9 Å². The van der Waals surface area contributed by atoms with Gasteiger partial charge in [0, 0.05) is 24.3 Å². The third-order valence-corrected chi connectivity index (χ3v) is 4.99. The normalized spacial score (nSPS) is 18.8. The third-order valence-electron chi connectivity index (χ3n) is 4.99. The van der Waals surface area contributed by atoms with Gasteiger partial charge >= 0.3 is 5.97 Å². The van der Waals surface area contributed by atoms with Gasteiger partial charge in [0.25, 0.3) is 5.91 Å². The smallest absolute Gasteiger partial charge is 0.338 e. The van der Waals surface area contributed by atoms with E-state index in [1.165, 1.54) is 0 Å². The molecule has 2 aromatic rings. The Labute approximate surface area is 169 Å². The molecule has 2 heterocycles. The number of esters is 1. The van der Waals surface area contributed by atoms with E-state index in [0.717, 1.165) is 24.2 Å². The minimum atomic E-state index is -1.04. The predicted octanol–water partition coefficient (Wildman–Crippen LogP) is 3.04. The van der Waals surface area contributed by atoms with Gasteiger partial charge in [0.05, 0.1) is 11.7 Å². The Kier molecular flexibility index (Phi) is 5.91. The van der Waals surface area contributed by atoms with E-state index in [4.69, 9.17) is 14.2 Å². The number of nitrogens with one attached hydrogen (secondary N) is 1. The van der Waals surface area contributed by atoms with E-state index in [-0.39, 0.29) is 18.6 Å². The average molecular weight is 393 g/mol. The van der Waals surface area contributed by atoms with E-state index < -0.39 is 12.1 Å². The van der Waals surface area contributed by atoms with E-state index in [2.05, 4.69) is 5.32 Å². The SMILES string of the molecule is O=C(O[C@@H](C(=O)NC[C@@H]1CCCO1)c1ccccc1)C1=Cc2ccccc2OC1. The molecule has 0 bridgehead atoms. The summed E-state index contributed by atoms with van der Waals surface area (Å²) in [5.74, 6) is -0.212. The van der Waals surface area contributed by atoms with Crippen LogP contribution in [0.4, 0.5) is 0 Å². The number of hydrogen-bond acceptors (Lipinski definition) is 5. The van der Waals surface area contributed by atoms with E-state index in [0.29, 0.717) is 24.3 Å². The van der Waals surface area contributed by atoms with Crippen molar-refractivity contribution in [2.45, 2.75) is 25.0 Å². The van der Waals surface area contributed by atoms with Gasteiger partial charge in [0.15, 0.2) is 0 Å². The molecule has 150 valence electrons. The summed E-state index contributed by atoms with van der Waals surface area (Å²) >= 11 is 0. The summed E-state index contributed by atoms with van der Waals surface area (Å²) in [6, 6.07) is 16.5. The minimum absolute atomic E-state index is 0.0111. The van der Waals surface area contributed by atoms with Gasteiger partial charge in [0.1, 0.15) is 12.4 Å². The number of carbonyl (C=O) groups is 2. The lowest BCUT2D eigenvalue weighted by Gasteiger charge is -2.21. The van der Waals surface area contributed by atoms with Crippen molar-refractivity contribution in [3.63, 3.8) is 0 Å². The van der Waals surface area contributed by atoms with E-state index in [1.54, 1.807) is 18.2 Å². The fourth-order valence-electron chi connectivity index (χ4n) is 3.43. The highest BCUT2D eigenvalue weighted by Crippen LogP contribution is 2.27. The van der Waals surface area contributed by atoms with Crippen LogP contribution in [0.15, 0.2) is 60.2 Å². The van der Waals surface area contributed by atoms with Crippen LogP contribution >= 0.6 is 0 Å². The summed E-state index contributed by atoms with van der Waals surface area (Å²) in [5, 5.41) is 2.86. The van der Waals surface area contributed by atoms with Crippen molar-refractivity contribution in [1.82, 2.24) is 5.32 Å². The van der Waals surface area contributed by atoms with Gasteiger partial charge in [-0.05, 0) is 25.0 Å². The Hall–Kier alpha value is -3.12. The number of fused-ring (bicyclic) bond motifs is 1. The molecule has 2 aromatic carbocycles. The van der Waals surface area contributed by atoms with Crippen LogP contribution in [0.1, 0.15) is 30.1 Å². The molecule has 1 N–H and O–H groups in total. The first-order valence-corrected chi connectivity index (χ1v) is 9.78. The van der Waals surface area contributed by atoms with Crippen LogP contribution in [0.5, 0.6) is 5.75 Å². The Morgan fingerprint density at radius 1 is 1.10 bits per heavy atom. The highest BCUT2D eigenvalue weighted by molar-refractivity contribution is 5.97. The van der Waals surface area contributed by atoms with Crippen LogP contribution in [0.3, 0.4) is 0 Å². The van der Waals surface area contributed by atoms with Crippen molar-refractivity contribution in [3.8, 4) is 5.75 Å². The van der Waals surface area contributed by atoms with E-state index in [9.17, 15) is 9.59 Å². The summed E-state index contributed by atoms with van der Waals surface area (Å²) in [6.45, 7) is 1.22. The molecule has 1 amide bonds. The number of amides is 1. The molecule has 0 aliphatic carbocycles. The summed E-state index contributed by atoms with van der Waals surface area (Å²) < 4.78 is 16.8. The second kappa shape index (κ2) is 8.92. The molecule has 0 radical (unpaired) electrons. The van der Waals surface area contributed by atoms with Crippen molar-refractivity contribution in [1.29, 1.82) is 0 Å². The van der Waals surface area contributed by atoms with Crippen molar-refractivity contribution in [2.24, 2.45) is 0 Å². The Balaban J connectivity index is 1.48. The van der Waals surface area contributed by atoms with E-state index >= 15 is 0 Å². The fraction of sp³-hybridized carbons (Fsp3) is 0.304. The Morgan fingerprint density at radius 2 is 1.90 bits per heavy atom. The first kappa shape index (κ1) is 19.2. The molecule has 0 saturated carbocycles. The van der Waals surface area contributed by atoms with E-state index in [1.807, 2.05) is 42.5 Å². The second-order valence-electron chi connectivity index (χ2n) is 7.07. The van der Waals surface area contributed by atoms with Crippen LogP contribution in [0.25, 0.3) is 6.08 Å². The first-order chi connectivity index (χ1) is 14.2. The molecule has 4 rings (SSSR count). The summed E-state index contributed by atoms with van der Waals surface area (Å²) in [4.78, 5) is 25.6. The molecule has 2 atom stereocenters. The van der Waals surface area contributed by atoms with Crippen LogP contribution in [0.2, 0.25) is 0 Å². The van der Waals surface area contributed by atoms with Crippen LogP contribution in [0, 0.1) is 0 Å². The van der Waals surface area contributed by atoms with Crippen LogP contribution < -0.4 is 10.1 Å². The Morgan fingerprint density at radius 3 is 2.69 bits per heavy atom. The second-order valence-corrected chi connectivity index (χ2v) is 7.07. The number of benzene rings is 2. The minimum Gasteiger partial charge on any atom is -0.488 e. The number of carbonyl (C=O) groups excluding carboxylic acids is 2. The van der Waals surface area contributed by atoms with Gasteiger partial charge in [-0.25, -0.2) is 4.79 Å². The summed E-state index contributed by atoms with van der Waals surface area (Å²) in [7, 11) is 0. The van der Waals surface area contributed by atoms with Crippen molar-refractivity contribution < 1.29 is 23.8 Å². The Bertz CT molecular complexity index is 902. The average Bonchev–Trinajstić information content (AvgIpc) is 3.29. The van der Waals surface area contributed by atoms with Gasteiger partial charge in [0.2, 0.25) is 6.10 Å². The molecule has 6 heteroatoms. The monoisotopic (exact) mass is 393 g/mol. The maximum Gasteiger partial charge on any atom is 0.338 e. The predicted molar refractivity (Wildman–Crippen MR) is 107 cm³/mol. The van der Waals surface area contributed by atoms with Crippen molar-refractivity contribution in [3.05, 3.63) is 71.3 Å². The third kappa shape index (κ3) is 4.66. The lowest BCUT2D eigenvalue weighted by Crippen LogP contribution is -2.37. The first-order valence-electron chi connectivity index (χ1n) is 9.78. The lowest BCUT2D eigenvalue weighted by molar-refractivity contribution is -0.153. The fourth-order valence-corrected chi connectivity index (χ4v) is 3.43. The summed E-state index contributed by atoms with van der Waals surface area (Å²) in [6.07, 6.45) is 2.63. The van der Waals surface area contributed by atoms with Crippen LogP contribution in [-0.2, 0) is 19.1 Å². The molecular formula is C23H23NO5. The zero-order valence-corrected chi connectivity index (χ0v) is 16.0. The number of ether oxygens (including phenoxy) is 3. The molecule has 1 saturated heterocycles. The zero-order chi connectivity index (χ0) is 20.1. The highest BCUT2D eigenvalue weighted by atomic mass is 16.6. The molecule has 2 aliphatic heterocycles. The number of para-hydroxylation sites is 1. The number of hydrogen-bond donors (Lipinski definition) is 1. The van der Waals surface area contributed by atoms with Crippen molar-refractivity contribution >= 4 is 18.0 Å². The van der Waals surface area contributed by atoms with Crippen molar-refractivity contribution in [2.75, 3.05) is 19.8 Å². The van der Waals surface area contributed by atoms with Crippen LogP contribution in [-0.4, -0.2) is 37.7 Å². The molecule has 1 fully saturated rings. The maximum absolute atomic E-state index is 12.8. The number of rotatable bonds is 6. The van der Waals surface area contributed by atoms with Gasteiger partial charge in [-0.3, -0.25) is 4.79 Å². The van der Waals surface area contributed by atoms with Gasteiger partial charge in [-0.2, -0.15) is 0 Å². The largest absolute Gasteiger partial charge is 0.488 e. The standard InChI is InChI=1S/C23H23NO5/c25-22(24-14-19-10-6-12-27-19)21(16-7-2-1-3-8-16)29-23(26)18-13-17-9-4-5-11-20(17)28-15-18/h1-5,7-9,11,13,19,21H,6,10,12,14-15H2,(H,24,25)/t19-,21+/m0/s1. The highest BCUT2D eigenvalue weighted by Gasteiger charge is 2.28. The van der Waals surface area contributed by atoms with Gasteiger partial charge in [-0.1, -0.05) is 48.5 Å². The molecule has 6 nitrogen and oxygen atoms in total. The summed E-state index contributed by atoms with van der Waals surface area (Å²) in [5.41, 5.74) is 1.80. The molecule has 0 unspecified atom stereocenters. The molecule has 29 heavy (non-hydrogen) atoms. The molecule has 2 aliphatic rings. The maximum atomic E-state index is 12.8. The quantitative estimate of drug-likeness (QED) is 0.764. The lowest BCUT2D eigenvalue weighted by atomic mass is 10.1. The van der Waals surface area contributed by atoms with Gasteiger partial charge < -0.3 is 19.5 Å². The van der Waals surface area contributed by atoms with Gasteiger partial charge in [-0.15, -0.1) is 0 Å². The zero-order valence-electron chi connectivity index (χ0n) is 16.0. The molecule has 0 spiro atoms.